The van der Waals surface area contributed by atoms with E-state index in [9.17, 15) is 0 Å². The van der Waals surface area contributed by atoms with E-state index in [1.165, 1.54) is 11.1 Å². The van der Waals surface area contributed by atoms with E-state index in [1.54, 1.807) is 7.11 Å². The zero-order valence-electron chi connectivity index (χ0n) is 13.1. The summed E-state index contributed by atoms with van der Waals surface area (Å²) in [5.74, 6) is 0.607. The molecule has 19 heavy (non-hydrogen) atoms. The van der Waals surface area contributed by atoms with E-state index < -0.39 is 0 Å². The van der Waals surface area contributed by atoms with Gasteiger partial charge in [-0.3, -0.25) is 0 Å². The number of benzene rings is 1. The van der Waals surface area contributed by atoms with Crippen molar-refractivity contribution in [3.8, 4) is 0 Å². The predicted molar refractivity (Wildman–Crippen MR) is 82.2 cm³/mol. The second-order valence-electron chi connectivity index (χ2n) is 6.59. The Balaban J connectivity index is 2.60. The van der Waals surface area contributed by atoms with Crippen LogP contribution in [0.4, 0.5) is 0 Å². The smallest absolute Gasteiger partial charge is 0.0502 e. The van der Waals surface area contributed by atoms with Crippen LogP contribution in [0.3, 0.4) is 0 Å². The Morgan fingerprint density at radius 1 is 1.16 bits per heavy atom. The zero-order chi connectivity index (χ0) is 14.5. The normalized spacial score (nSPS) is 15.3. The minimum atomic E-state index is 0.130. The first-order chi connectivity index (χ1) is 8.84. The third kappa shape index (κ3) is 5.33. The molecule has 0 saturated heterocycles. The fraction of sp³-hybridized carbons (Fsp3) is 0.647. The van der Waals surface area contributed by atoms with Gasteiger partial charge < -0.3 is 10.5 Å². The monoisotopic (exact) mass is 263 g/mol. The van der Waals surface area contributed by atoms with E-state index >= 15 is 0 Å². The number of hydrogen-bond acceptors (Lipinski definition) is 2. The molecule has 0 fully saturated rings. The number of ether oxygens (including phenoxy) is 1. The van der Waals surface area contributed by atoms with Crippen LogP contribution in [0.5, 0.6) is 0 Å². The maximum absolute atomic E-state index is 6.32. The van der Waals surface area contributed by atoms with Crippen LogP contribution in [-0.2, 0) is 11.2 Å². The topological polar surface area (TPSA) is 35.2 Å². The van der Waals surface area contributed by atoms with Crippen LogP contribution in [0.15, 0.2) is 24.3 Å². The summed E-state index contributed by atoms with van der Waals surface area (Å²) in [6.07, 6.45) is 1.99. The van der Waals surface area contributed by atoms with Gasteiger partial charge in [-0.05, 0) is 35.3 Å². The molecule has 0 radical (unpaired) electrons. The maximum atomic E-state index is 6.32. The Hall–Kier alpha value is -0.860. The van der Waals surface area contributed by atoms with Crippen molar-refractivity contribution in [1.82, 2.24) is 0 Å². The van der Waals surface area contributed by atoms with Gasteiger partial charge in [-0.2, -0.15) is 0 Å². The minimum absolute atomic E-state index is 0.130. The lowest BCUT2D eigenvalue weighted by Gasteiger charge is -2.29. The SMILES string of the molecule is COCCc1ccc(C(N)CC(C)C(C)(C)C)cc1. The number of rotatable bonds is 6. The minimum Gasteiger partial charge on any atom is -0.384 e. The second kappa shape index (κ2) is 7.06. The Morgan fingerprint density at radius 2 is 1.74 bits per heavy atom. The molecule has 1 aromatic rings. The third-order valence-corrected chi connectivity index (χ3v) is 4.09. The average Bonchev–Trinajstić information content (AvgIpc) is 2.35. The Kier molecular flexibility index (Phi) is 6.02. The number of nitrogens with two attached hydrogens (primary N) is 1. The highest BCUT2D eigenvalue weighted by Crippen LogP contribution is 2.32. The molecule has 2 unspecified atom stereocenters. The number of methoxy groups -OCH3 is 1. The quantitative estimate of drug-likeness (QED) is 0.843. The molecule has 1 aromatic carbocycles. The van der Waals surface area contributed by atoms with Crippen molar-refractivity contribution in [2.24, 2.45) is 17.1 Å². The second-order valence-corrected chi connectivity index (χ2v) is 6.59. The number of hydrogen-bond donors (Lipinski definition) is 1. The molecule has 0 spiro atoms. The van der Waals surface area contributed by atoms with E-state index in [-0.39, 0.29) is 6.04 Å². The van der Waals surface area contributed by atoms with Crippen LogP contribution in [0, 0.1) is 11.3 Å². The molecular weight excluding hydrogens is 234 g/mol. The molecule has 0 bridgehead atoms. The van der Waals surface area contributed by atoms with E-state index in [2.05, 4.69) is 52.0 Å². The van der Waals surface area contributed by atoms with E-state index in [0.717, 1.165) is 19.4 Å². The Bertz CT molecular complexity index is 364. The zero-order valence-corrected chi connectivity index (χ0v) is 13.1. The molecule has 0 saturated carbocycles. The first-order valence-corrected chi connectivity index (χ1v) is 7.18. The Morgan fingerprint density at radius 3 is 2.21 bits per heavy atom. The molecule has 0 aromatic heterocycles. The van der Waals surface area contributed by atoms with Gasteiger partial charge in [0.1, 0.15) is 0 Å². The van der Waals surface area contributed by atoms with Gasteiger partial charge in [0.05, 0.1) is 6.61 Å². The first kappa shape index (κ1) is 16.2. The largest absolute Gasteiger partial charge is 0.384 e. The summed E-state index contributed by atoms with van der Waals surface area (Å²) in [7, 11) is 1.73. The maximum Gasteiger partial charge on any atom is 0.0502 e. The fourth-order valence-electron chi connectivity index (χ4n) is 2.02. The van der Waals surface area contributed by atoms with Gasteiger partial charge in [-0.25, -0.2) is 0 Å². The first-order valence-electron chi connectivity index (χ1n) is 7.18. The summed E-state index contributed by atoms with van der Waals surface area (Å²) in [4.78, 5) is 0. The molecule has 2 heteroatoms. The van der Waals surface area contributed by atoms with Crippen LogP contribution in [0.1, 0.15) is 51.3 Å². The summed E-state index contributed by atoms with van der Waals surface area (Å²) in [5.41, 5.74) is 9.17. The molecule has 1 rings (SSSR count). The lowest BCUT2D eigenvalue weighted by molar-refractivity contribution is 0.202. The van der Waals surface area contributed by atoms with Crippen LogP contribution in [0.2, 0.25) is 0 Å². The highest BCUT2D eigenvalue weighted by molar-refractivity contribution is 5.25. The van der Waals surface area contributed by atoms with Gasteiger partial charge in [0.15, 0.2) is 0 Å². The van der Waals surface area contributed by atoms with E-state index in [0.29, 0.717) is 11.3 Å². The molecular formula is C17H29NO. The highest BCUT2D eigenvalue weighted by Gasteiger charge is 2.22. The Labute approximate surface area is 118 Å². The summed E-state index contributed by atoms with van der Waals surface area (Å²) in [6, 6.07) is 8.77. The summed E-state index contributed by atoms with van der Waals surface area (Å²) in [5, 5.41) is 0. The van der Waals surface area contributed by atoms with Gasteiger partial charge in [0, 0.05) is 13.2 Å². The molecule has 0 amide bonds. The van der Waals surface area contributed by atoms with Crippen LogP contribution >= 0.6 is 0 Å². The van der Waals surface area contributed by atoms with Gasteiger partial charge in [0.25, 0.3) is 0 Å². The van der Waals surface area contributed by atoms with Crippen LogP contribution < -0.4 is 5.73 Å². The van der Waals surface area contributed by atoms with Crippen LogP contribution in [0.25, 0.3) is 0 Å². The van der Waals surface area contributed by atoms with Crippen molar-refractivity contribution in [2.45, 2.75) is 46.6 Å². The van der Waals surface area contributed by atoms with Crippen molar-refractivity contribution in [3.63, 3.8) is 0 Å². The van der Waals surface area contributed by atoms with Crippen molar-refractivity contribution in [3.05, 3.63) is 35.4 Å². The highest BCUT2D eigenvalue weighted by atomic mass is 16.5. The van der Waals surface area contributed by atoms with Gasteiger partial charge >= 0.3 is 0 Å². The fourth-order valence-corrected chi connectivity index (χ4v) is 2.02. The predicted octanol–water partition coefficient (Wildman–Crippen LogP) is 3.95. The lowest BCUT2D eigenvalue weighted by Crippen LogP contribution is -2.23. The molecule has 0 aliphatic rings. The molecule has 2 nitrogen and oxygen atoms in total. The van der Waals surface area contributed by atoms with Crippen molar-refractivity contribution < 1.29 is 4.74 Å². The van der Waals surface area contributed by atoms with Gasteiger partial charge in [-0.1, -0.05) is 52.0 Å². The molecule has 0 heterocycles. The summed E-state index contributed by atoms with van der Waals surface area (Å²) in [6.45, 7) is 9.88. The molecule has 2 N–H and O–H groups in total. The third-order valence-electron chi connectivity index (χ3n) is 4.09. The van der Waals surface area contributed by atoms with Gasteiger partial charge in [-0.15, -0.1) is 0 Å². The average molecular weight is 263 g/mol. The molecule has 2 atom stereocenters. The van der Waals surface area contributed by atoms with Crippen LogP contribution in [-0.4, -0.2) is 13.7 Å². The summed E-state index contributed by atoms with van der Waals surface area (Å²) >= 11 is 0. The van der Waals surface area contributed by atoms with E-state index in [1.807, 2.05) is 0 Å². The lowest BCUT2D eigenvalue weighted by atomic mass is 9.78. The van der Waals surface area contributed by atoms with Crippen molar-refractivity contribution >= 4 is 0 Å². The van der Waals surface area contributed by atoms with Gasteiger partial charge in [0.2, 0.25) is 0 Å². The van der Waals surface area contributed by atoms with Crippen molar-refractivity contribution in [2.75, 3.05) is 13.7 Å². The molecule has 0 aliphatic heterocycles. The summed E-state index contributed by atoms with van der Waals surface area (Å²) < 4.78 is 5.09. The standard InChI is InChI=1S/C17H29NO/c1-13(17(2,3)4)12-16(18)15-8-6-14(7-9-15)10-11-19-5/h6-9,13,16H,10-12,18H2,1-5H3. The molecule has 0 aliphatic carbocycles. The van der Waals surface area contributed by atoms with Crippen molar-refractivity contribution in [1.29, 1.82) is 0 Å². The molecule has 108 valence electrons. The van der Waals surface area contributed by atoms with E-state index in [4.69, 9.17) is 10.5 Å².